The number of nitrogens with zero attached hydrogens (tertiary/aromatic N) is 3. The van der Waals surface area contributed by atoms with Gasteiger partial charge in [0.25, 0.3) is 0 Å². The van der Waals surface area contributed by atoms with Gasteiger partial charge in [-0.2, -0.15) is 0 Å². The smallest absolute Gasteiger partial charge is 0.215 e. The SMILES string of the molecule is Oc1[nH]c(=S)n(-c2ccccc2)c1C=C1C=Nc2ncccc21. The molecular formula is C17H12N4OS. The maximum Gasteiger partial charge on any atom is 0.215 e. The van der Waals surface area contributed by atoms with Gasteiger partial charge in [-0.1, -0.05) is 18.2 Å². The van der Waals surface area contributed by atoms with Crippen molar-refractivity contribution >= 4 is 35.9 Å². The minimum absolute atomic E-state index is 0.0251. The van der Waals surface area contributed by atoms with Gasteiger partial charge in [-0.15, -0.1) is 0 Å². The van der Waals surface area contributed by atoms with Crippen molar-refractivity contribution < 1.29 is 5.11 Å². The normalized spacial score (nSPS) is 14.3. The molecule has 0 amide bonds. The Bertz CT molecular complexity index is 999. The number of aliphatic imine (C=N–C) groups is 1. The van der Waals surface area contributed by atoms with Crippen LogP contribution in [0.2, 0.25) is 0 Å². The van der Waals surface area contributed by atoms with E-state index in [9.17, 15) is 5.11 Å². The molecule has 5 nitrogen and oxygen atoms in total. The molecule has 1 aliphatic rings. The van der Waals surface area contributed by atoms with Crippen molar-refractivity contribution in [3.05, 3.63) is 64.7 Å². The summed E-state index contributed by atoms with van der Waals surface area (Å²) in [7, 11) is 0. The summed E-state index contributed by atoms with van der Waals surface area (Å²) in [5.41, 5.74) is 3.27. The number of imidazole rings is 1. The highest BCUT2D eigenvalue weighted by molar-refractivity contribution is 7.71. The Kier molecular flexibility index (Phi) is 3.17. The van der Waals surface area contributed by atoms with Crippen LogP contribution in [0.4, 0.5) is 5.82 Å². The lowest BCUT2D eigenvalue weighted by atomic mass is 10.1. The van der Waals surface area contributed by atoms with Crippen LogP contribution in [0.3, 0.4) is 0 Å². The third kappa shape index (κ3) is 2.29. The van der Waals surface area contributed by atoms with Crippen LogP contribution in [-0.2, 0) is 0 Å². The number of rotatable bonds is 2. The summed E-state index contributed by atoms with van der Waals surface area (Å²) in [5, 5.41) is 10.2. The molecule has 0 unspecified atom stereocenters. The van der Waals surface area contributed by atoms with Crippen LogP contribution in [0.5, 0.6) is 5.88 Å². The van der Waals surface area contributed by atoms with Crippen LogP contribution in [-0.4, -0.2) is 25.9 Å². The highest BCUT2D eigenvalue weighted by Crippen LogP contribution is 2.32. The molecule has 4 rings (SSSR count). The number of fused-ring (bicyclic) bond motifs is 1. The zero-order valence-electron chi connectivity index (χ0n) is 12.0. The second-order valence-electron chi connectivity index (χ2n) is 5.07. The molecule has 0 saturated carbocycles. The predicted octanol–water partition coefficient (Wildman–Crippen LogP) is 3.89. The van der Waals surface area contributed by atoms with E-state index in [-0.39, 0.29) is 5.88 Å². The lowest BCUT2D eigenvalue weighted by molar-refractivity contribution is 0.454. The molecule has 3 heterocycles. The van der Waals surface area contributed by atoms with Gasteiger partial charge in [-0.25, -0.2) is 9.98 Å². The number of allylic oxidation sites excluding steroid dienone is 1. The number of aromatic hydroxyl groups is 1. The first-order valence-electron chi connectivity index (χ1n) is 7.04. The lowest BCUT2D eigenvalue weighted by Gasteiger charge is -2.06. The fourth-order valence-corrected chi connectivity index (χ4v) is 2.89. The minimum atomic E-state index is 0.0251. The summed E-state index contributed by atoms with van der Waals surface area (Å²) in [5.74, 6) is 0.704. The number of hydrogen-bond donors (Lipinski definition) is 2. The van der Waals surface area contributed by atoms with E-state index in [2.05, 4.69) is 15.0 Å². The number of hydrogen-bond acceptors (Lipinski definition) is 4. The van der Waals surface area contributed by atoms with Crippen LogP contribution in [0.25, 0.3) is 17.3 Å². The van der Waals surface area contributed by atoms with E-state index in [4.69, 9.17) is 12.2 Å². The zero-order chi connectivity index (χ0) is 15.8. The van der Waals surface area contributed by atoms with Crippen molar-refractivity contribution in [2.75, 3.05) is 0 Å². The van der Waals surface area contributed by atoms with Crippen LogP contribution in [0, 0.1) is 4.77 Å². The first-order valence-corrected chi connectivity index (χ1v) is 7.45. The van der Waals surface area contributed by atoms with Crippen molar-refractivity contribution in [1.29, 1.82) is 0 Å². The molecule has 0 radical (unpaired) electrons. The fraction of sp³-hybridized carbons (Fsp3) is 0. The second kappa shape index (κ2) is 5.33. The molecule has 23 heavy (non-hydrogen) atoms. The van der Waals surface area contributed by atoms with Gasteiger partial charge in [0, 0.05) is 29.2 Å². The Labute approximate surface area is 137 Å². The number of benzene rings is 1. The van der Waals surface area contributed by atoms with Crippen LogP contribution >= 0.6 is 12.2 Å². The van der Waals surface area contributed by atoms with E-state index in [0.29, 0.717) is 16.3 Å². The Morgan fingerprint density at radius 1 is 1.13 bits per heavy atom. The van der Waals surface area contributed by atoms with Crippen LogP contribution in [0.15, 0.2) is 53.7 Å². The summed E-state index contributed by atoms with van der Waals surface area (Å²) in [6.07, 6.45) is 5.30. The van der Waals surface area contributed by atoms with E-state index in [0.717, 1.165) is 16.8 Å². The lowest BCUT2D eigenvalue weighted by Crippen LogP contribution is -1.97. The van der Waals surface area contributed by atoms with Crippen molar-refractivity contribution in [3.63, 3.8) is 0 Å². The average molecular weight is 320 g/mol. The van der Waals surface area contributed by atoms with Crippen molar-refractivity contribution in [2.45, 2.75) is 0 Å². The fourth-order valence-electron chi connectivity index (χ4n) is 2.59. The number of nitrogens with one attached hydrogen (secondary N) is 1. The highest BCUT2D eigenvalue weighted by Gasteiger charge is 2.16. The molecule has 0 atom stereocenters. The second-order valence-corrected chi connectivity index (χ2v) is 5.45. The molecule has 0 bridgehead atoms. The topological polar surface area (TPSA) is 66.2 Å². The summed E-state index contributed by atoms with van der Waals surface area (Å²) in [6, 6.07) is 13.5. The van der Waals surface area contributed by atoms with Gasteiger partial charge < -0.3 is 10.1 Å². The van der Waals surface area contributed by atoms with E-state index in [1.165, 1.54) is 0 Å². The Hall–Kier alpha value is -2.99. The molecule has 2 aromatic heterocycles. The van der Waals surface area contributed by atoms with Crippen LogP contribution in [0.1, 0.15) is 11.3 Å². The quantitative estimate of drug-likeness (QED) is 0.704. The molecule has 0 fully saturated rings. The molecule has 112 valence electrons. The zero-order valence-corrected chi connectivity index (χ0v) is 12.8. The third-order valence-corrected chi connectivity index (χ3v) is 3.93. The summed E-state index contributed by atoms with van der Waals surface area (Å²) in [6.45, 7) is 0. The maximum absolute atomic E-state index is 10.2. The maximum atomic E-state index is 10.2. The Balaban J connectivity index is 1.91. The van der Waals surface area contributed by atoms with E-state index in [1.54, 1.807) is 17.0 Å². The number of para-hydroxylation sites is 1. The molecule has 0 aliphatic carbocycles. The predicted molar refractivity (Wildman–Crippen MR) is 92.9 cm³/mol. The van der Waals surface area contributed by atoms with E-state index >= 15 is 0 Å². The van der Waals surface area contributed by atoms with Gasteiger partial charge >= 0.3 is 0 Å². The first kappa shape index (κ1) is 13.7. The minimum Gasteiger partial charge on any atom is -0.493 e. The van der Waals surface area contributed by atoms with E-state index in [1.807, 2.05) is 48.5 Å². The van der Waals surface area contributed by atoms with Crippen LogP contribution < -0.4 is 0 Å². The standard InChI is InChI=1S/C17H12N4OS/c22-16-14(9-11-10-19-15-13(11)7-4-8-18-15)21(17(23)20-16)12-5-2-1-3-6-12/h1-10,22H,(H,20,23). The molecule has 6 heteroatoms. The molecular weight excluding hydrogens is 308 g/mol. The van der Waals surface area contributed by atoms with Gasteiger partial charge in [0.15, 0.2) is 10.6 Å². The first-order chi connectivity index (χ1) is 11.2. The highest BCUT2D eigenvalue weighted by atomic mass is 32.1. The Morgan fingerprint density at radius 2 is 1.96 bits per heavy atom. The molecule has 0 spiro atoms. The van der Waals surface area contributed by atoms with Gasteiger partial charge in [0.05, 0.1) is 0 Å². The number of pyridine rings is 1. The monoisotopic (exact) mass is 320 g/mol. The average Bonchev–Trinajstić information content (AvgIpc) is 3.10. The van der Waals surface area contributed by atoms with Gasteiger partial charge in [-0.3, -0.25) is 4.57 Å². The molecule has 2 N–H and O–H groups in total. The number of aromatic amines is 1. The van der Waals surface area contributed by atoms with E-state index < -0.39 is 0 Å². The third-order valence-electron chi connectivity index (χ3n) is 3.64. The largest absolute Gasteiger partial charge is 0.493 e. The van der Waals surface area contributed by atoms with Crippen molar-refractivity contribution in [2.24, 2.45) is 4.99 Å². The van der Waals surface area contributed by atoms with Crippen molar-refractivity contribution in [1.82, 2.24) is 14.5 Å². The summed E-state index contributed by atoms with van der Waals surface area (Å²) >= 11 is 5.33. The summed E-state index contributed by atoms with van der Waals surface area (Å²) < 4.78 is 2.22. The number of H-pyrrole nitrogens is 1. The summed E-state index contributed by atoms with van der Waals surface area (Å²) in [4.78, 5) is 11.3. The molecule has 0 saturated heterocycles. The van der Waals surface area contributed by atoms with Gasteiger partial charge in [0.2, 0.25) is 5.88 Å². The molecule has 1 aliphatic heterocycles. The Morgan fingerprint density at radius 3 is 2.78 bits per heavy atom. The number of aromatic nitrogens is 3. The molecule has 1 aromatic carbocycles. The van der Waals surface area contributed by atoms with Gasteiger partial charge in [-0.05, 0) is 42.6 Å². The molecule has 3 aromatic rings. The van der Waals surface area contributed by atoms with Crippen molar-refractivity contribution in [3.8, 4) is 11.6 Å². The van der Waals surface area contributed by atoms with Gasteiger partial charge in [0.1, 0.15) is 5.69 Å².